The number of benzene rings is 1. The third-order valence-corrected chi connectivity index (χ3v) is 7.26. The maximum absolute atomic E-state index is 6.14. The van der Waals surface area contributed by atoms with Gasteiger partial charge in [0.1, 0.15) is 0 Å². The topological polar surface area (TPSA) is 58.1 Å². The van der Waals surface area contributed by atoms with E-state index in [1.165, 1.54) is 12.0 Å². The number of hydrogen-bond donors (Lipinski definition) is 2. The van der Waals surface area contributed by atoms with Crippen LogP contribution in [0.2, 0.25) is 0 Å². The molecule has 33 heavy (non-hydrogen) atoms. The van der Waals surface area contributed by atoms with Gasteiger partial charge in [0.05, 0.1) is 18.8 Å². The first kappa shape index (κ1) is 28.3. The van der Waals surface area contributed by atoms with Gasteiger partial charge in [0.25, 0.3) is 0 Å². The smallest absolute Gasteiger partial charge is 0.193 e. The average molecular weight is 573 g/mol. The second-order valence-electron chi connectivity index (χ2n) is 9.32. The summed E-state index contributed by atoms with van der Waals surface area (Å²) in [5.74, 6) is 1.00. The zero-order valence-electron chi connectivity index (χ0n) is 21.0. The Morgan fingerprint density at radius 3 is 2.45 bits per heavy atom. The molecule has 0 bridgehead atoms. The molecule has 2 saturated heterocycles. The second-order valence-corrected chi connectivity index (χ2v) is 9.32. The van der Waals surface area contributed by atoms with E-state index in [4.69, 9.17) is 9.47 Å². The second kappa shape index (κ2) is 14.5. The number of piperidine rings is 1. The summed E-state index contributed by atoms with van der Waals surface area (Å²) in [6.45, 7) is 11.3. The number of guanidine groups is 1. The highest BCUT2D eigenvalue weighted by Gasteiger charge is 2.30. The normalized spacial score (nSPS) is 21.0. The Hall–Kier alpha value is -0.900. The van der Waals surface area contributed by atoms with E-state index in [2.05, 4.69) is 71.6 Å². The molecule has 7 heteroatoms. The van der Waals surface area contributed by atoms with Crippen molar-refractivity contribution < 1.29 is 9.47 Å². The number of nitrogens with zero attached hydrogens (tertiary/aromatic N) is 2. The Morgan fingerprint density at radius 1 is 1.18 bits per heavy atom. The van der Waals surface area contributed by atoms with E-state index >= 15 is 0 Å². The van der Waals surface area contributed by atoms with Crippen molar-refractivity contribution in [3.63, 3.8) is 0 Å². The van der Waals surface area contributed by atoms with Gasteiger partial charge in [-0.1, -0.05) is 44.2 Å². The Bertz CT molecular complexity index is 685. The van der Waals surface area contributed by atoms with Gasteiger partial charge in [0.2, 0.25) is 0 Å². The van der Waals surface area contributed by atoms with Crippen LogP contribution >= 0.6 is 24.0 Å². The molecule has 0 aromatic heterocycles. The fourth-order valence-electron chi connectivity index (χ4n) is 4.87. The Labute approximate surface area is 218 Å². The van der Waals surface area contributed by atoms with Crippen LogP contribution in [0.3, 0.4) is 0 Å². The van der Waals surface area contributed by atoms with Gasteiger partial charge in [-0.3, -0.25) is 4.99 Å². The number of halogens is 1. The van der Waals surface area contributed by atoms with E-state index in [9.17, 15) is 0 Å². The summed E-state index contributed by atoms with van der Waals surface area (Å²) >= 11 is 0. The molecule has 1 aromatic rings. The molecule has 2 aliphatic rings. The third-order valence-electron chi connectivity index (χ3n) is 7.26. The zero-order valence-corrected chi connectivity index (χ0v) is 23.3. The van der Waals surface area contributed by atoms with Crippen LogP contribution < -0.4 is 10.6 Å². The van der Waals surface area contributed by atoms with Crippen molar-refractivity contribution >= 4 is 29.9 Å². The van der Waals surface area contributed by atoms with Crippen molar-refractivity contribution in [2.45, 2.75) is 83.1 Å². The summed E-state index contributed by atoms with van der Waals surface area (Å²) in [4.78, 5) is 6.98. The van der Waals surface area contributed by atoms with Gasteiger partial charge in [-0.15, -0.1) is 24.0 Å². The maximum atomic E-state index is 6.14. The number of aliphatic imine (C=N–C) groups is 1. The molecule has 2 unspecified atom stereocenters. The molecule has 2 N–H and O–H groups in total. The monoisotopic (exact) mass is 572 g/mol. The van der Waals surface area contributed by atoms with Gasteiger partial charge in [0.15, 0.2) is 5.96 Å². The summed E-state index contributed by atoms with van der Waals surface area (Å²) in [5, 5.41) is 7.59. The van der Waals surface area contributed by atoms with Crippen molar-refractivity contribution in [3.8, 4) is 0 Å². The largest absolute Gasteiger partial charge is 0.376 e. The Kier molecular flexibility index (Phi) is 12.4. The van der Waals surface area contributed by atoms with Crippen LogP contribution in [0.1, 0.15) is 70.9 Å². The van der Waals surface area contributed by atoms with Crippen LogP contribution in [-0.4, -0.2) is 68.5 Å². The number of hydrogen-bond acceptors (Lipinski definition) is 4. The molecule has 3 rings (SSSR count). The Morgan fingerprint density at radius 2 is 1.88 bits per heavy atom. The summed E-state index contributed by atoms with van der Waals surface area (Å²) in [7, 11) is 1.89. The quantitative estimate of drug-likeness (QED) is 0.241. The van der Waals surface area contributed by atoms with Crippen molar-refractivity contribution in [1.29, 1.82) is 0 Å². The van der Waals surface area contributed by atoms with Crippen molar-refractivity contribution in [2.24, 2.45) is 4.99 Å². The van der Waals surface area contributed by atoms with Crippen molar-refractivity contribution in [3.05, 3.63) is 35.9 Å². The first-order valence-corrected chi connectivity index (χ1v) is 12.6. The van der Waals surface area contributed by atoms with E-state index in [0.29, 0.717) is 18.2 Å². The number of rotatable bonds is 10. The molecular weight excluding hydrogens is 527 g/mol. The minimum absolute atomic E-state index is 0. The minimum Gasteiger partial charge on any atom is -0.376 e. The van der Waals surface area contributed by atoms with Gasteiger partial charge in [-0.2, -0.15) is 0 Å². The van der Waals surface area contributed by atoms with Crippen LogP contribution in [-0.2, 0) is 9.47 Å². The van der Waals surface area contributed by atoms with Crippen LogP contribution in [0.15, 0.2) is 35.3 Å². The first-order chi connectivity index (χ1) is 15.6. The lowest BCUT2D eigenvalue weighted by Crippen LogP contribution is -2.56. The van der Waals surface area contributed by atoms with E-state index in [1.54, 1.807) is 0 Å². The van der Waals surface area contributed by atoms with Crippen LogP contribution in [0.5, 0.6) is 0 Å². The van der Waals surface area contributed by atoms with Crippen molar-refractivity contribution in [2.75, 3.05) is 39.9 Å². The third kappa shape index (κ3) is 8.37. The van der Waals surface area contributed by atoms with Crippen molar-refractivity contribution in [1.82, 2.24) is 15.5 Å². The fourth-order valence-corrected chi connectivity index (χ4v) is 4.87. The summed E-state index contributed by atoms with van der Waals surface area (Å²) < 4.78 is 11.8. The highest BCUT2D eigenvalue weighted by atomic mass is 127. The lowest BCUT2D eigenvalue weighted by Gasteiger charge is -2.39. The molecule has 188 valence electrons. The molecule has 0 saturated carbocycles. The molecule has 0 radical (unpaired) electrons. The average Bonchev–Trinajstić information content (AvgIpc) is 3.37. The Balaban J connectivity index is 0.00000385. The van der Waals surface area contributed by atoms with Crippen LogP contribution in [0, 0.1) is 0 Å². The van der Waals surface area contributed by atoms with Gasteiger partial charge in [-0.25, -0.2) is 0 Å². The molecule has 0 aliphatic carbocycles. The van der Waals surface area contributed by atoms with E-state index < -0.39 is 0 Å². The standard InChI is InChI=1S/C26H44N4O2.HI/c1-5-26(6-2,29-21(3)22-11-8-7-9-12-22)20-28-25(27-4)30-16-14-23(15-17-30)32-19-24-13-10-18-31-24;/h7-9,11-12,21,23-24,29H,5-6,10,13-20H2,1-4H3,(H,27,28);1H. The SMILES string of the molecule is CCC(CC)(CNC(=NC)N1CCC(OCC2CCCO2)CC1)NC(C)c1ccccc1.I. The molecule has 6 nitrogen and oxygen atoms in total. The molecule has 2 atom stereocenters. The summed E-state index contributed by atoms with van der Waals surface area (Å²) in [6.07, 6.45) is 7.17. The van der Waals surface area contributed by atoms with Crippen LogP contribution in [0.4, 0.5) is 0 Å². The highest BCUT2D eigenvalue weighted by molar-refractivity contribution is 14.0. The summed E-state index contributed by atoms with van der Waals surface area (Å²) in [6, 6.07) is 11.0. The fraction of sp³-hybridized carbons (Fsp3) is 0.731. The van der Waals surface area contributed by atoms with Crippen LogP contribution in [0.25, 0.3) is 0 Å². The molecule has 2 heterocycles. The predicted molar refractivity (Wildman–Crippen MR) is 148 cm³/mol. The molecule has 1 aromatic carbocycles. The van der Waals surface area contributed by atoms with Gasteiger partial charge in [0, 0.05) is 44.9 Å². The lowest BCUT2D eigenvalue weighted by molar-refractivity contribution is -0.0367. The zero-order chi connectivity index (χ0) is 22.8. The molecule has 2 aliphatic heterocycles. The van der Waals surface area contributed by atoms with E-state index in [0.717, 1.165) is 70.9 Å². The highest BCUT2D eigenvalue weighted by Crippen LogP contribution is 2.22. The van der Waals surface area contributed by atoms with E-state index in [-0.39, 0.29) is 29.5 Å². The first-order valence-electron chi connectivity index (χ1n) is 12.6. The number of likely N-dealkylation sites (tertiary alicyclic amines) is 1. The lowest BCUT2D eigenvalue weighted by atomic mass is 9.90. The number of ether oxygens (including phenoxy) is 2. The maximum Gasteiger partial charge on any atom is 0.193 e. The van der Waals surface area contributed by atoms with Gasteiger partial charge >= 0.3 is 0 Å². The minimum atomic E-state index is 0. The predicted octanol–water partition coefficient (Wildman–Crippen LogP) is 4.75. The molecule has 2 fully saturated rings. The van der Waals surface area contributed by atoms with Gasteiger partial charge < -0.3 is 25.0 Å². The molecular formula is C26H45IN4O2. The number of nitrogens with one attached hydrogen (secondary N) is 2. The van der Waals surface area contributed by atoms with Gasteiger partial charge in [-0.05, 0) is 51.0 Å². The van der Waals surface area contributed by atoms with E-state index in [1.807, 2.05) is 7.05 Å². The summed E-state index contributed by atoms with van der Waals surface area (Å²) in [5.41, 5.74) is 1.35. The molecule has 0 spiro atoms. The molecule has 0 amide bonds.